The summed E-state index contributed by atoms with van der Waals surface area (Å²) >= 11 is 1.24. The molecule has 5 rings (SSSR count). The van der Waals surface area contributed by atoms with Gasteiger partial charge in [-0.3, -0.25) is 19.3 Å². The van der Waals surface area contributed by atoms with E-state index in [2.05, 4.69) is 15.6 Å². The van der Waals surface area contributed by atoms with E-state index in [1.54, 1.807) is 23.6 Å². The minimum absolute atomic E-state index is 0.144. The molecule has 3 amide bonds. The van der Waals surface area contributed by atoms with Gasteiger partial charge in [-0.25, -0.2) is 9.78 Å². The third kappa shape index (κ3) is 4.27. The van der Waals surface area contributed by atoms with Crippen LogP contribution in [0, 0.1) is 0 Å². The van der Waals surface area contributed by atoms with Crippen LogP contribution in [-0.2, 0) is 20.9 Å². The Bertz CT molecular complexity index is 1290. The maximum absolute atomic E-state index is 12.9. The van der Waals surface area contributed by atoms with Gasteiger partial charge in [0, 0.05) is 17.5 Å². The van der Waals surface area contributed by atoms with Crippen molar-refractivity contribution in [1.82, 2.24) is 9.88 Å². The average molecular weight is 477 g/mol. The van der Waals surface area contributed by atoms with Crippen molar-refractivity contribution in [3.8, 4) is 11.3 Å². The van der Waals surface area contributed by atoms with Crippen LogP contribution >= 0.6 is 11.3 Å². The lowest BCUT2D eigenvalue weighted by Crippen LogP contribution is -2.43. The van der Waals surface area contributed by atoms with Crippen molar-refractivity contribution in [2.45, 2.75) is 25.5 Å². The quantitative estimate of drug-likeness (QED) is 0.543. The first-order valence-corrected chi connectivity index (χ1v) is 11.6. The second-order valence-corrected chi connectivity index (χ2v) is 8.82. The van der Waals surface area contributed by atoms with Gasteiger partial charge in [-0.1, -0.05) is 36.4 Å². The number of fused-ring (bicyclic) bond motifs is 1. The van der Waals surface area contributed by atoms with Crippen LogP contribution in [0.2, 0.25) is 0 Å². The highest BCUT2D eigenvalue weighted by molar-refractivity contribution is 7.14. The second kappa shape index (κ2) is 9.06. The number of ether oxygens (including phenoxy) is 1. The molecule has 0 bridgehead atoms. The molecule has 1 atom stereocenters. The predicted molar refractivity (Wildman–Crippen MR) is 125 cm³/mol. The van der Waals surface area contributed by atoms with Gasteiger partial charge in [0.2, 0.25) is 5.91 Å². The Morgan fingerprint density at radius 3 is 2.82 bits per heavy atom. The molecule has 2 aromatic carbocycles. The molecule has 2 aliphatic rings. The molecule has 0 aliphatic carbocycles. The Hall–Kier alpha value is -4.05. The van der Waals surface area contributed by atoms with Gasteiger partial charge in [0.05, 0.1) is 16.9 Å². The summed E-state index contributed by atoms with van der Waals surface area (Å²) in [5, 5.41) is 7.44. The minimum Gasteiger partial charge on any atom is -0.445 e. The fourth-order valence-electron chi connectivity index (χ4n) is 4.01. The summed E-state index contributed by atoms with van der Waals surface area (Å²) in [4.78, 5) is 54.9. The number of carbonyl (C=O) groups excluding carboxylic acids is 4. The number of anilines is 2. The molecule has 1 saturated heterocycles. The normalized spacial score (nSPS) is 16.8. The van der Waals surface area contributed by atoms with Crippen LogP contribution in [0.25, 0.3) is 11.3 Å². The van der Waals surface area contributed by atoms with E-state index in [-0.39, 0.29) is 12.5 Å². The van der Waals surface area contributed by atoms with Crippen molar-refractivity contribution in [3.05, 3.63) is 65.0 Å². The Morgan fingerprint density at radius 1 is 1.18 bits per heavy atom. The lowest BCUT2D eigenvalue weighted by atomic mass is 10.1. The fraction of sp³-hybridized carbons (Fsp3) is 0.208. The van der Waals surface area contributed by atoms with E-state index in [0.29, 0.717) is 47.0 Å². The summed E-state index contributed by atoms with van der Waals surface area (Å²) in [6.07, 6.45) is 0.725. The molecular weight excluding hydrogens is 456 g/mol. The van der Waals surface area contributed by atoms with Crippen LogP contribution in [0.15, 0.2) is 53.9 Å². The van der Waals surface area contributed by atoms with Crippen molar-refractivity contribution in [2.75, 3.05) is 17.2 Å². The number of hydrogen-bond acceptors (Lipinski definition) is 7. The Balaban J connectivity index is 1.23. The Kier molecular flexibility index (Phi) is 5.81. The van der Waals surface area contributed by atoms with Crippen LogP contribution in [0.1, 0.15) is 28.8 Å². The van der Waals surface area contributed by atoms with Gasteiger partial charge in [-0.05, 0) is 30.5 Å². The Morgan fingerprint density at radius 2 is 2.00 bits per heavy atom. The lowest BCUT2D eigenvalue weighted by molar-refractivity contribution is -0.120. The molecule has 2 aliphatic heterocycles. The van der Waals surface area contributed by atoms with Gasteiger partial charge >= 0.3 is 6.09 Å². The molecule has 0 spiro atoms. The summed E-state index contributed by atoms with van der Waals surface area (Å²) in [7, 11) is 0. The summed E-state index contributed by atoms with van der Waals surface area (Å²) in [6.45, 7) is 0.593. The number of carbonyl (C=O) groups is 4. The molecular formula is C24H20N4O5S. The summed E-state index contributed by atoms with van der Waals surface area (Å²) in [6, 6.07) is 13.7. The van der Waals surface area contributed by atoms with Gasteiger partial charge in [0.1, 0.15) is 12.6 Å². The minimum atomic E-state index is -0.651. The number of likely N-dealkylation sites (tertiary alicyclic amines) is 1. The molecule has 0 radical (unpaired) electrons. The number of nitrogens with one attached hydrogen (secondary N) is 2. The number of Topliss-reactive ketones (excluding diaryl/α,β-unsaturated/α-hetero) is 1. The number of rotatable bonds is 5. The highest BCUT2D eigenvalue weighted by atomic mass is 32.1. The van der Waals surface area contributed by atoms with Gasteiger partial charge in [0.15, 0.2) is 5.13 Å². The maximum Gasteiger partial charge on any atom is 0.410 e. The summed E-state index contributed by atoms with van der Waals surface area (Å²) in [5.74, 6) is -1.56. The van der Waals surface area contributed by atoms with E-state index in [0.717, 1.165) is 5.56 Å². The van der Waals surface area contributed by atoms with Crippen molar-refractivity contribution in [3.63, 3.8) is 0 Å². The summed E-state index contributed by atoms with van der Waals surface area (Å²) < 4.78 is 5.39. The van der Waals surface area contributed by atoms with Crippen LogP contribution in [0.4, 0.5) is 15.6 Å². The number of thiazole rings is 1. The smallest absolute Gasteiger partial charge is 0.410 e. The zero-order valence-electron chi connectivity index (χ0n) is 17.9. The number of benzene rings is 2. The first kappa shape index (κ1) is 21.8. The van der Waals surface area contributed by atoms with E-state index in [4.69, 9.17) is 4.74 Å². The first-order chi connectivity index (χ1) is 16.5. The second-order valence-electron chi connectivity index (χ2n) is 7.96. The molecule has 2 N–H and O–H groups in total. The molecule has 3 heterocycles. The predicted octanol–water partition coefficient (Wildman–Crippen LogP) is 3.68. The third-order valence-corrected chi connectivity index (χ3v) is 6.50. The number of amides is 3. The van der Waals surface area contributed by atoms with Gasteiger partial charge in [-0.2, -0.15) is 0 Å². The van der Waals surface area contributed by atoms with E-state index >= 15 is 0 Å². The third-order valence-electron chi connectivity index (χ3n) is 5.74. The standard InChI is InChI=1S/C24H20N4O5S/c29-20-16-11-15(8-9-17(16)25-22(20)31)18-13-34-23(26-18)27-21(30)19-7-4-10-28(19)24(32)33-12-14-5-2-1-3-6-14/h1-3,5-6,8-9,11,13,19H,4,7,10,12H2,(H,25,29,31)(H,26,27,30). The highest BCUT2D eigenvalue weighted by Crippen LogP contribution is 2.31. The summed E-state index contributed by atoms with van der Waals surface area (Å²) in [5.41, 5.74) is 2.88. The van der Waals surface area contributed by atoms with Crippen molar-refractivity contribution < 1.29 is 23.9 Å². The molecule has 10 heteroatoms. The fourth-order valence-corrected chi connectivity index (χ4v) is 4.74. The van der Waals surface area contributed by atoms with E-state index in [1.165, 1.54) is 16.2 Å². The van der Waals surface area contributed by atoms with Crippen LogP contribution in [-0.4, -0.2) is 46.2 Å². The zero-order valence-corrected chi connectivity index (χ0v) is 18.8. The average Bonchev–Trinajstić information content (AvgIpc) is 3.58. The molecule has 172 valence electrons. The van der Waals surface area contributed by atoms with Gasteiger partial charge < -0.3 is 15.4 Å². The number of nitrogens with zero attached hydrogens (tertiary/aromatic N) is 2. The van der Waals surface area contributed by atoms with Crippen LogP contribution < -0.4 is 10.6 Å². The van der Waals surface area contributed by atoms with E-state index < -0.39 is 23.8 Å². The van der Waals surface area contributed by atoms with Crippen molar-refractivity contribution in [1.29, 1.82) is 0 Å². The largest absolute Gasteiger partial charge is 0.445 e. The number of hydrogen-bond donors (Lipinski definition) is 2. The van der Waals surface area contributed by atoms with Gasteiger partial charge in [-0.15, -0.1) is 11.3 Å². The molecule has 1 unspecified atom stereocenters. The molecule has 0 saturated carbocycles. The van der Waals surface area contributed by atoms with Gasteiger partial charge in [0.25, 0.3) is 11.7 Å². The first-order valence-electron chi connectivity index (χ1n) is 10.7. The SMILES string of the molecule is O=C1Nc2ccc(-c3csc(NC(=O)C4CCCN4C(=O)OCc4ccccc4)n3)cc2C1=O. The van der Waals surface area contributed by atoms with Crippen molar-refractivity contribution >= 4 is 45.8 Å². The van der Waals surface area contributed by atoms with E-state index in [9.17, 15) is 19.2 Å². The van der Waals surface area contributed by atoms with Crippen LogP contribution in [0.3, 0.4) is 0 Å². The number of ketones is 1. The molecule has 9 nitrogen and oxygen atoms in total. The highest BCUT2D eigenvalue weighted by Gasteiger charge is 2.35. The molecule has 3 aromatic rings. The monoisotopic (exact) mass is 476 g/mol. The topological polar surface area (TPSA) is 118 Å². The van der Waals surface area contributed by atoms with Crippen LogP contribution in [0.5, 0.6) is 0 Å². The molecule has 1 fully saturated rings. The lowest BCUT2D eigenvalue weighted by Gasteiger charge is -2.22. The maximum atomic E-state index is 12.9. The van der Waals surface area contributed by atoms with Crippen molar-refractivity contribution in [2.24, 2.45) is 0 Å². The zero-order chi connectivity index (χ0) is 23.7. The number of aromatic nitrogens is 1. The molecule has 1 aromatic heterocycles. The Labute approximate surface area is 198 Å². The van der Waals surface area contributed by atoms with E-state index in [1.807, 2.05) is 30.3 Å². The molecule has 34 heavy (non-hydrogen) atoms.